The van der Waals surface area contributed by atoms with Crippen LogP contribution in [0.4, 0.5) is 11.5 Å². The third kappa shape index (κ3) is 4.17. The second-order valence-electron chi connectivity index (χ2n) is 5.27. The summed E-state index contributed by atoms with van der Waals surface area (Å²) in [4.78, 5) is 16.7. The predicted octanol–water partition coefficient (Wildman–Crippen LogP) is 2.71. The molecule has 0 fully saturated rings. The molecule has 0 aliphatic rings. The van der Waals surface area contributed by atoms with Crippen LogP contribution in [-0.2, 0) is 0 Å². The molecule has 1 N–H and O–H groups in total. The first-order valence-corrected chi connectivity index (χ1v) is 7.16. The van der Waals surface area contributed by atoms with Gasteiger partial charge in [0.25, 0.3) is 0 Å². The number of methoxy groups -OCH3 is 1. The van der Waals surface area contributed by atoms with E-state index in [4.69, 9.17) is 4.74 Å². The number of nitro groups is 1. The van der Waals surface area contributed by atoms with Crippen LogP contribution < -0.4 is 10.1 Å². The number of hydrogen-bond acceptors (Lipinski definition) is 6. The van der Waals surface area contributed by atoms with Crippen molar-refractivity contribution in [2.24, 2.45) is 0 Å². The van der Waals surface area contributed by atoms with E-state index in [1.165, 1.54) is 12.3 Å². The molecule has 0 amide bonds. The van der Waals surface area contributed by atoms with Gasteiger partial charge < -0.3 is 15.0 Å². The maximum Gasteiger partial charge on any atom is 0.311 e. The van der Waals surface area contributed by atoms with E-state index in [9.17, 15) is 10.1 Å². The Labute approximate surface area is 135 Å². The van der Waals surface area contributed by atoms with Crippen LogP contribution in [0.25, 0.3) is 0 Å². The lowest BCUT2D eigenvalue weighted by Gasteiger charge is -2.25. The third-order valence-corrected chi connectivity index (χ3v) is 3.55. The molecule has 0 bridgehead atoms. The Kier molecular flexibility index (Phi) is 5.48. The number of aromatic nitrogens is 1. The number of nitrogens with one attached hydrogen (secondary N) is 1. The van der Waals surface area contributed by atoms with E-state index in [1.54, 1.807) is 13.2 Å². The highest BCUT2D eigenvalue weighted by Crippen LogP contribution is 2.25. The summed E-state index contributed by atoms with van der Waals surface area (Å²) in [5, 5.41) is 14.1. The zero-order valence-corrected chi connectivity index (χ0v) is 13.4. The maximum atomic E-state index is 11.1. The van der Waals surface area contributed by atoms with Gasteiger partial charge >= 0.3 is 5.69 Å². The second kappa shape index (κ2) is 7.55. The van der Waals surface area contributed by atoms with Crippen LogP contribution in [0.2, 0.25) is 0 Å². The zero-order valence-electron chi connectivity index (χ0n) is 13.4. The summed E-state index contributed by atoms with van der Waals surface area (Å²) in [7, 11) is 5.54. The van der Waals surface area contributed by atoms with Gasteiger partial charge in [0.2, 0.25) is 5.82 Å². The summed E-state index contributed by atoms with van der Waals surface area (Å²) in [5.41, 5.74) is 1.02. The normalized spacial score (nSPS) is 12.0. The van der Waals surface area contributed by atoms with E-state index in [0.29, 0.717) is 6.54 Å². The number of anilines is 1. The Bertz CT molecular complexity index is 676. The average Bonchev–Trinajstić information content (AvgIpc) is 2.55. The highest BCUT2D eigenvalue weighted by Gasteiger charge is 2.18. The zero-order chi connectivity index (χ0) is 16.8. The topological polar surface area (TPSA) is 80.5 Å². The van der Waals surface area contributed by atoms with Gasteiger partial charge in [0.1, 0.15) is 5.75 Å². The Balaban J connectivity index is 2.19. The summed E-state index contributed by atoms with van der Waals surface area (Å²) in [6, 6.07) is 10.8. The molecule has 0 aliphatic carbocycles. The molecule has 23 heavy (non-hydrogen) atoms. The van der Waals surface area contributed by atoms with Gasteiger partial charge in [-0.25, -0.2) is 4.98 Å². The number of nitrogens with zero attached hydrogens (tertiary/aromatic N) is 3. The van der Waals surface area contributed by atoms with Crippen molar-refractivity contribution in [1.82, 2.24) is 9.88 Å². The molecule has 0 radical (unpaired) electrons. The molecule has 7 nitrogen and oxygen atoms in total. The fraction of sp³-hybridized carbons (Fsp3) is 0.312. The standard InChI is InChI=1S/C16H20N4O3/c1-19(2)15(12-6-4-7-13(10-12)23-3)11-18-16-14(20(21)22)8-5-9-17-16/h4-10,15H,11H2,1-3H3,(H,17,18)/t15-/m1/s1. The molecule has 7 heteroatoms. The van der Waals surface area contributed by atoms with Crippen LogP contribution in [0.15, 0.2) is 42.6 Å². The van der Waals surface area contributed by atoms with E-state index in [1.807, 2.05) is 43.3 Å². The van der Waals surface area contributed by atoms with Crippen LogP contribution in [-0.4, -0.2) is 42.6 Å². The Morgan fingerprint density at radius 3 is 2.78 bits per heavy atom. The number of likely N-dealkylation sites (N-methyl/N-ethyl adjacent to an activating group) is 1. The van der Waals surface area contributed by atoms with E-state index < -0.39 is 4.92 Å². The molecular formula is C16H20N4O3. The van der Waals surface area contributed by atoms with Gasteiger partial charge in [-0.1, -0.05) is 12.1 Å². The van der Waals surface area contributed by atoms with E-state index in [-0.39, 0.29) is 17.5 Å². The molecule has 1 atom stereocenters. The molecule has 0 unspecified atom stereocenters. The molecule has 0 saturated carbocycles. The molecule has 0 saturated heterocycles. The monoisotopic (exact) mass is 316 g/mol. The maximum absolute atomic E-state index is 11.1. The van der Waals surface area contributed by atoms with Gasteiger partial charge in [0.15, 0.2) is 0 Å². The highest BCUT2D eigenvalue weighted by molar-refractivity contribution is 5.55. The molecule has 122 valence electrons. The van der Waals surface area contributed by atoms with Gasteiger partial charge in [-0.2, -0.15) is 0 Å². The minimum absolute atomic E-state index is 0.0201. The van der Waals surface area contributed by atoms with Crippen LogP contribution in [0.3, 0.4) is 0 Å². The molecule has 1 aromatic carbocycles. The summed E-state index contributed by atoms with van der Waals surface area (Å²) < 4.78 is 5.26. The lowest BCUT2D eigenvalue weighted by Crippen LogP contribution is -2.27. The first-order chi connectivity index (χ1) is 11.0. The summed E-state index contributed by atoms with van der Waals surface area (Å²) in [6.45, 7) is 0.484. The smallest absolute Gasteiger partial charge is 0.311 e. The molecule has 0 spiro atoms. The van der Waals surface area contributed by atoms with Crippen molar-refractivity contribution in [3.63, 3.8) is 0 Å². The highest BCUT2D eigenvalue weighted by atomic mass is 16.6. The first kappa shape index (κ1) is 16.7. The van der Waals surface area contributed by atoms with Crippen molar-refractivity contribution >= 4 is 11.5 Å². The number of benzene rings is 1. The van der Waals surface area contributed by atoms with Gasteiger partial charge in [0.05, 0.1) is 18.1 Å². The Morgan fingerprint density at radius 2 is 2.13 bits per heavy atom. The van der Waals surface area contributed by atoms with Gasteiger partial charge in [-0.15, -0.1) is 0 Å². The van der Waals surface area contributed by atoms with Crippen molar-refractivity contribution in [3.8, 4) is 5.75 Å². The molecule has 2 aromatic rings. The third-order valence-electron chi connectivity index (χ3n) is 3.55. The quantitative estimate of drug-likeness (QED) is 0.625. The fourth-order valence-electron chi connectivity index (χ4n) is 2.32. The van der Waals surface area contributed by atoms with Crippen LogP contribution >= 0.6 is 0 Å². The van der Waals surface area contributed by atoms with Crippen molar-refractivity contribution < 1.29 is 9.66 Å². The molecule has 1 heterocycles. The summed E-state index contributed by atoms with van der Waals surface area (Å²) in [6.07, 6.45) is 1.53. The second-order valence-corrected chi connectivity index (χ2v) is 5.27. The van der Waals surface area contributed by atoms with Crippen molar-refractivity contribution in [1.29, 1.82) is 0 Å². The molecular weight excluding hydrogens is 296 g/mol. The molecule has 0 aliphatic heterocycles. The van der Waals surface area contributed by atoms with Gasteiger partial charge in [-0.05, 0) is 37.9 Å². The van der Waals surface area contributed by atoms with Gasteiger partial charge in [0, 0.05) is 18.8 Å². The first-order valence-electron chi connectivity index (χ1n) is 7.16. The summed E-state index contributed by atoms with van der Waals surface area (Å²) in [5.74, 6) is 1.05. The number of pyridine rings is 1. The number of rotatable bonds is 7. The number of ether oxygens (including phenoxy) is 1. The minimum Gasteiger partial charge on any atom is -0.497 e. The van der Waals surface area contributed by atoms with Crippen molar-refractivity contribution in [2.45, 2.75) is 6.04 Å². The lowest BCUT2D eigenvalue weighted by molar-refractivity contribution is -0.384. The van der Waals surface area contributed by atoms with Crippen LogP contribution in [0.5, 0.6) is 5.75 Å². The number of hydrogen-bond donors (Lipinski definition) is 1. The van der Waals surface area contributed by atoms with Crippen molar-refractivity contribution in [3.05, 3.63) is 58.3 Å². The molecule has 1 aromatic heterocycles. The predicted molar refractivity (Wildman–Crippen MR) is 88.8 cm³/mol. The minimum atomic E-state index is -0.439. The molecule has 2 rings (SSSR count). The van der Waals surface area contributed by atoms with Crippen LogP contribution in [0, 0.1) is 10.1 Å². The lowest BCUT2D eigenvalue weighted by atomic mass is 10.1. The SMILES string of the molecule is COc1cccc([C@@H](CNc2ncccc2[N+](=O)[O-])N(C)C)c1. The summed E-state index contributed by atoms with van der Waals surface area (Å²) >= 11 is 0. The van der Waals surface area contributed by atoms with E-state index >= 15 is 0 Å². The average molecular weight is 316 g/mol. The largest absolute Gasteiger partial charge is 0.497 e. The van der Waals surface area contributed by atoms with E-state index in [0.717, 1.165) is 11.3 Å². The van der Waals surface area contributed by atoms with E-state index in [2.05, 4.69) is 10.3 Å². The van der Waals surface area contributed by atoms with Crippen LogP contribution in [0.1, 0.15) is 11.6 Å². The van der Waals surface area contributed by atoms with Crippen molar-refractivity contribution in [2.75, 3.05) is 33.1 Å². The fourth-order valence-corrected chi connectivity index (χ4v) is 2.32. The Morgan fingerprint density at radius 1 is 1.35 bits per heavy atom. The van der Waals surface area contributed by atoms with Gasteiger partial charge in [-0.3, -0.25) is 10.1 Å². The Hall–Kier alpha value is -2.67.